The minimum Gasteiger partial charge on any atom is -0.497 e. The van der Waals surface area contributed by atoms with Crippen LogP contribution < -0.4 is 15.0 Å². The SMILES string of the molecule is COc1cccc(C(=O)N2[C@@H](C(=O)NCC[NH+](C)C)COC23CCC(C)CC3)c1. The van der Waals surface area contributed by atoms with Crippen LogP contribution in [0.1, 0.15) is 43.0 Å². The zero-order valence-corrected chi connectivity index (χ0v) is 18.0. The monoisotopic (exact) mass is 404 g/mol. The van der Waals surface area contributed by atoms with Gasteiger partial charge in [-0.15, -0.1) is 0 Å². The van der Waals surface area contributed by atoms with Crippen molar-refractivity contribution in [2.45, 2.75) is 44.4 Å². The molecule has 1 saturated carbocycles. The molecule has 1 aliphatic carbocycles. The van der Waals surface area contributed by atoms with Crippen molar-refractivity contribution in [3.05, 3.63) is 29.8 Å². The first-order chi connectivity index (χ1) is 13.9. The van der Waals surface area contributed by atoms with Gasteiger partial charge in [0.2, 0.25) is 5.91 Å². The Morgan fingerprint density at radius 3 is 2.69 bits per heavy atom. The van der Waals surface area contributed by atoms with Crippen molar-refractivity contribution < 1.29 is 24.0 Å². The number of nitrogens with one attached hydrogen (secondary N) is 2. The second-order valence-corrected chi connectivity index (χ2v) is 8.61. The summed E-state index contributed by atoms with van der Waals surface area (Å²) in [5, 5.41) is 2.99. The molecule has 2 amide bonds. The summed E-state index contributed by atoms with van der Waals surface area (Å²) < 4.78 is 11.5. The number of benzene rings is 1. The molecule has 29 heavy (non-hydrogen) atoms. The van der Waals surface area contributed by atoms with E-state index in [2.05, 4.69) is 12.2 Å². The fourth-order valence-electron chi connectivity index (χ4n) is 4.23. The minimum absolute atomic E-state index is 0.141. The van der Waals surface area contributed by atoms with Gasteiger partial charge in [-0.05, 0) is 49.8 Å². The van der Waals surface area contributed by atoms with E-state index in [0.29, 0.717) is 23.8 Å². The molecule has 1 atom stereocenters. The lowest BCUT2D eigenvalue weighted by Gasteiger charge is -2.43. The van der Waals surface area contributed by atoms with Crippen molar-refractivity contribution in [1.29, 1.82) is 0 Å². The minimum atomic E-state index is -0.693. The third kappa shape index (κ3) is 4.73. The summed E-state index contributed by atoms with van der Waals surface area (Å²) in [6, 6.07) is 6.49. The Balaban J connectivity index is 1.86. The lowest BCUT2D eigenvalue weighted by molar-refractivity contribution is -0.856. The lowest BCUT2D eigenvalue weighted by Crippen LogP contribution is -3.06. The van der Waals surface area contributed by atoms with Crippen molar-refractivity contribution in [2.24, 2.45) is 5.92 Å². The summed E-state index contributed by atoms with van der Waals surface area (Å²) in [5.74, 6) is 0.915. The number of quaternary nitrogens is 1. The maximum Gasteiger partial charge on any atom is 0.257 e. The average molecular weight is 405 g/mol. The highest BCUT2D eigenvalue weighted by atomic mass is 16.5. The van der Waals surface area contributed by atoms with E-state index in [0.717, 1.165) is 32.2 Å². The zero-order chi connectivity index (χ0) is 21.0. The van der Waals surface area contributed by atoms with Gasteiger partial charge in [0, 0.05) is 5.56 Å². The van der Waals surface area contributed by atoms with E-state index in [1.54, 1.807) is 30.2 Å². The van der Waals surface area contributed by atoms with Crippen LogP contribution in [0.4, 0.5) is 0 Å². The molecule has 1 aromatic rings. The van der Waals surface area contributed by atoms with Gasteiger partial charge in [0.15, 0.2) is 0 Å². The number of ether oxygens (including phenoxy) is 2. The molecule has 160 valence electrons. The molecule has 0 unspecified atom stereocenters. The molecule has 1 aliphatic heterocycles. The van der Waals surface area contributed by atoms with Gasteiger partial charge in [-0.2, -0.15) is 0 Å². The van der Waals surface area contributed by atoms with Gasteiger partial charge < -0.3 is 19.7 Å². The first-order valence-corrected chi connectivity index (χ1v) is 10.5. The second-order valence-electron chi connectivity index (χ2n) is 8.61. The summed E-state index contributed by atoms with van der Waals surface area (Å²) in [5.41, 5.74) is -0.176. The normalized spacial score (nSPS) is 26.7. The molecule has 3 rings (SSSR count). The predicted molar refractivity (Wildman–Crippen MR) is 110 cm³/mol. The van der Waals surface area contributed by atoms with Gasteiger partial charge in [-0.3, -0.25) is 14.5 Å². The maximum absolute atomic E-state index is 13.6. The van der Waals surface area contributed by atoms with Crippen LogP contribution in [0.2, 0.25) is 0 Å². The Kier molecular flexibility index (Phi) is 6.80. The van der Waals surface area contributed by atoms with Crippen LogP contribution >= 0.6 is 0 Å². The molecule has 0 bridgehead atoms. The van der Waals surface area contributed by atoms with Crippen LogP contribution in [-0.2, 0) is 9.53 Å². The molecule has 2 fully saturated rings. The molecular weight excluding hydrogens is 370 g/mol. The molecule has 0 radical (unpaired) electrons. The molecule has 7 heteroatoms. The van der Waals surface area contributed by atoms with Crippen LogP contribution in [-0.4, -0.2) is 69.4 Å². The fourth-order valence-corrected chi connectivity index (χ4v) is 4.23. The van der Waals surface area contributed by atoms with Gasteiger partial charge in [0.1, 0.15) is 17.5 Å². The van der Waals surface area contributed by atoms with Gasteiger partial charge in [0.25, 0.3) is 5.91 Å². The Bertz CT molecular complexity index is 729. The van der Waals surface area contributed by atoms with E-state index in [1.807, 2.05) is 20.2 Å². The first-order valence-electron chi connectivity index (χ1n) is 10.5. The number of carbonyl (C=O) groups excluding carboxylic acids is 2. The number of nitrogens with zero attached hydrogens (tertiary/aromatic N) is 1. The third-order valence-corrected chi connectivity index (χ3v) is 6.08. The molecular formula is C22H34N3O4+. The Labute approximate surface area is 173 Å². The van der Waals surface area contributed by atoms with Gasteiger partial charge in [-0.25, -0.2) is 0 Å². The van der Waals surface area contributed by atoms with Gasteiger partial charge in [0.05, 0.1) is 40.9 Å². The predicted octanol–water partition coefficient (Wildman–Crippen LogP) is 0.703. The standard InChI is InChI=1S/C22H33N3O4/c1-16-8-10-22(11-9-16)25(21(27)17-6-5-7-18(14-17)28-4)19(15-29-22)20(26)23-12-13-24(2)3/h5-7,14,16,19H,8-13,15H2,1-4H3,(H,23,26)/p+1/t16?,19-,22?/m1/s1. The number of amides is 2. The summed E-state index contributed by atoms with van der Waals surface area (Å²) in [6.45, 7) is 3.86. The summed E-state index contributed by atoms with van der Waals surface area (Å²) in [4.78, 5) is 29.5. The topological polar surface area (TPSA) is 72.3 Å². The summed E-state index contributed by atoms with van der Waals surface area (Å²) in [7, 11) is 5.67. The van der Waals surface area contributed by atoms with Crippen molar-refractivity contribution in [1.82, 2.24) is 10.2 Å². The van der Waals surface area contributed by atoms with E-state index < -0.39 is 11.8 Å². The Morgan fingerprint density at radius 1 is 1.31 bits per heavy atom. The van der Waals surface area contributed by atoms with Crippen LogP contribution in [0, 0.1) is 5.92 Å². The second kappa shape index (κ2) is 9.13. The van der Waals surface area contributed by atoms with Crippen molar-refractivity contribution in [3.8, 4) is 5.75 Å². The molecule has 0 aromatic heterocycles. The van der Waals surface area contributed by atoms with Crippen molar-refractivity contribution in [2.75, 3.05) is 40.9 Å². The molecule has 1 spiro atoms. The van der Waals surface area contributed by atoms with Gasteiger partial charge >= 0.3 is 0 Å². The van der Waals surface area contributed by atoms with E-state index >= 15 is 0 Å². The van der Waals surface area contributed by atoms with E-state index in [9.17, 15) is 9.59 Å². The number of likely N-dealkylation sites (N-methyl/N-ethyl adjacent to an activating group) is 1. The molecule has 1 saturated heterocycles. The number of hydrogen-bond donors (Lipinski definition) is 2. The largest absolute Gasteiger partial charge is 0.497 e. The molecule has 2 aliphatic rings. The zero-order valence-electron chi connectivity index (χ0n) is 18.0. The maximum atomic E-state index is 13.6. The number of carbonyl (C=O) groups is 2. The van der Waals surface area contributed by atoms with Crippen LogP contribution in [0.5, 0.6) is 5.75 Å². The average Bonchev–Trinajstić information content (AvgIpc) is 3.08. The van der Waals surface area contributed by atoms with Crippen molar-refractivity contribution >= 4 is 11.8 Å². The molecule has 7 nitrogen and oxygen atoms in total. The lowest BCUT2D eigenvalue weighted by atomic mass is 9.83. The molecule has 1 heterocycles. The highest BCUT2D eigenvalue weighted by Gasteiger charge is 2.53. The van der Waals surface area contributed by atoms with E-state index in [-0.39, 0.29) is 18.4 Å². The van der Waals surface area contributed by atoms with Crippen LogP contribution in [0.3, 0.4) is 0 Å². The quantitative estimate of drug-likeness (QED) is 0.732. The van der Waals surface area contributed by atoms with E-state index in [1.165, 1.54) is 4.90 Å². The molecule has 1 aromatic carbocycles. The number of methoxy groups -OCH3 is 1. The Morgan fingerprint density at radius 2 is 2.03 bits per heavy atom. The van der Waals surface area contributed by atoms with Crippen LogP contribution in [0.15, 0.2) is 24.3 Å². The van der Waals surface area contributed by atoms with Crippen molar-refractivity contribution in [3.63, 3.8) is 0 Å². The third-order valence-electron chi connectivity index (χ3n) is 6.08. The first kappa shape index (κ1) is 21.6. The highest BCUT2D eigenvalue weighted by molar-refractivity contribution is 5.98. The summed E-state index contributed by atoms with van der Waals surface area (Å²) in [6.07, 6.45) is 3.49. The number of rotatable bonds is 6. The smallest absolute Gasteiger partial charge is 0.257 e. The fraction of sp³-hybridized carbons (Fsp3) is 0.636. The number of hydrogen-bond acceptors (Lipinski definition) is 4. The Hall–Kier alpha value is -2.12. The highest BCUT2D eigenvalue weighted by Crippen LogP contribution is 2.43. The van der Waals surface area contributed by atoms with Gasteiger partial charge in [-0.1, -0.05) is 13.0 Å². The van der Waals surface area contributed by atoms with Crippen LogP contribution in [0.25, 0.3) is 0 Å². The summed E-state index contributed by atoms with van der Waals surface area (Å²) >= 11 is 0. The van der Waals surface area contributed by atoms with E-state index in [4.69, 9.17) is 9.47 Å². The molecule has 2 N–H and O–H groups in total.